The van der Waals surface area contributed by atoms with Gasteiger partial charge in [0.2, 0.25) is 0 Å². The molecule has 0 fully saturated rings. The first kappa shape index (κ1) is 55.9. The Morgan fingerprint density at radius 2 is 0.348 bits per heavy atom. The topological polar surface area (TPSA) is 321 Å². The molecule has 0 N–H and O–H groups in total. The number of carboxylic acids is 8. The molecule has 0 aromatic rings. The summed E-state index contributed by atoms with van der Waals surface area (Å²) in [5, 5.41) is 83.1. The van der Waals surface area contributed by atoms with Gasteiger partial charge in [0.15, 0.2) is 0 Å². The summed E-state index contributed by atoms with van der Waals surface area (Å²) in [7, 11) is 0. The normalized spacial score (nSPS) is 10.6. The van der Waals surface area contributed by atoms with Crippen LogP contribution in [0, 0.1) is 21.7 Å². The summed E-state index contributed by atoms with van der Waals surface area (Å²) in [5.41, 5.74) is -7.22. The smallest absolute Gasteiger partial charge is 0.549 e. The molecule has 0 aromatic heterocycles. The number of rotatable bonds is 16. The van der Waals surface area contributed by atoms with Crippen LogP contribution in [0.3, 0.4) is 0 Å². The van der Waals surface area contributed by atoms with Gasteiger partial charge >= 0.3 is 52.4 Å². The summed E-state index contributed by atoms with van der Waals surface area (Å²) >= 11 is 0. The number of carbonyl (C=O) groups excluding carboxylic acids is 8. The van der Waals surface area contributed by atoms with E-state index in [-0.39, 0.29) is 104 Å². The van der Waals surface area contributed by atoms with Gasteiger partial charge in [-0.2, -0.15) is 0 Å². The van der Waals surface area contributed by atoms with Gasteiger partial charge in [-0.15, -0.1) is 0 Å². The Bertz CT molecular complexity index is 785. The molecule has 46 heavy (non-hydrogen) atoms. The first-order chi connectivity index (χ1) is 20.0. The minimum absolute atomic E-state index is 0. The summed E-state index contributed by atoms with van der Waals surface area (Å²) in [6.07, 6.45) is -0.0463. The van der Waals surface area contributed by atoms with Crippen LogP contribution in [0.15, 0.2) is 0 Å². The number of carboxylic acid groups (broad SMARTS) is 8. The van der Waals surface area contributed by atoms with E-state index >= 15 is 0 Å². The largest absolute Gasteiger partial charge is 4.00 e. The fourth-order valence-corrected chi connectivity index (χ4v) is 3.64. The molecule has 0 aliphatic rings. The van der Waals surface area contributed by atoms with Gasteiger partial charge in [0.25, 0.3) is 0 Å². The number of hydrogen-bond donors (Lipinski definition) is 0. The Kier molecular flexibility index (Phi) is 31.1. The molecule has 0 atom stereocenters. The summed E-state index contributed by atoms with van der Waals surface area (Å²) in [6.45, 7) is 11.8. The second-order valence-electron chi connectivity index (χ2n) is 9.46. The molecule has 0 unspecified atom stereocenters. The minimum Gasteiger partial charge on any atom is -0.549 e. The molecule has 0 radical (unpaired) electrons. The minimum atomic E-state index is -1.81. The summed E-state index contributed by atoms with van der Waals surface area (Å²) in [5.74, 6) is -12.5. The molecule has 18 heteroatoms. The standard InChI is InChI=1S/4C7H12O4.2Zr/c4*1-3-7(4-2,5(8)9)6(10)11;;/h4*3-4H2,1-2H3,(H,8,9)(H,10,11);;/q;;;;2*+4/p-8. The Morgan fingerprint density at radius 1 is 0.283 bits per heavy atom. The molecular weight excluding hydrogens is 775 g/mol. The predicted molar refractivity (Wildman–Crippen MR) is 132 cm³/mol. The van der Waals surface area contributed by atoms with E-state index in [4.69, 9.17) is 0 Å². The van der Waals surface area contributed by atoms with E-state index in [2.05, 4.69) is 0 Å². The number of aliphatic carboxylic acids is 8. The van der Waals surface area contributed by atoms with Gasteiger partial charge in [-0.05, 0) is 51.4 Å². The van der Waals surface area contributed by atoms with Crippen LogP contribution in [-0.2, 0) is 90.8 Å². The Balaban J connectivity index is -0.000000114. The first-order valence-corrected chi connectivity index (χ1v) is 13.8. The maximum atomic E-state index is 10.4. The van der Waals surface area contributed by atoms with E-state index in [0.717, 1.165) is 0 Å². The van der Waals surface area contributed by atoms with Crippen molar-refractivity contribution < 1.29 is 132 Å². The van der Waals surface area contributed by atoms with Crippen molar-refractivity contribution in [2.24, 2.45) is 21.7 Å². The van der Waals surface area contributed by atoms with Crippen LogP contribution >= 0.6 is 0 Å². The van der Waals surface area contributed by atoms with Gasteiger partial charge < -0.3 is 79.2 Å². The first-order valence-electron chi connectivity index (χ1n) is 13.8. The maximum Gasteiger partial charge on any atom is 4.00 e. The molecule has 0 aliphatic heterocycles. The van der Waals surface area contributed by atoms with E-state index in [1.165, 1.54) is 55.4 Å². The van der Waals surface area contributed by atoms with Crippen molar-refractivity contribution in [1.29, 1.82) is 0 Å². The van der Waals surface area contributed by atoms with Gasteiger partial charge in [0.1, 0.15) is 0 Å². The zero-order chi connectivity index (χ0) is 36.3. The summed E-state index contributed by atoms with van der Waals surface area (Å²) in [4.78, 5) is 83.1. The van der Waals surface area contributed by atoms with Crippen molar-refractivity contribution in [3.05, 3.63) is 0 Å². The van der Waals surface area contributed by atoms with E-state index in [9.17, 15) is 79.2 Å². The predicted octanol–water partition coefficient (Wildman–Crippen LogP) is -6.83. The third kappa shape index (κ3) is 14.1. The Hall–Kier alpha value is -2.47. The maximum absolute atomic E-state index is 10.4. The van der Waals surface area contributed by atoms with E-state index in [0.29, 0.717) is 0 Å². The van der Waals surface area contributed by atoms with Crippen LogP contribution in [0.25, 0.3) is 0 Å². The van der Waals surface area contributed by atoms with Crippen molar-refractivity contribution in [1.82, 2.24) is 0 Å². The molecule has 0 saturated heterocycles. The van der Waals surface area contributed by atoms with Crippen molar-refractivity contribution >= 4 is 47.8 Å². The van der Waals surface area contributed by atoms with Crippen LogP contribution in [-0.4, -0.2) is 47.8 Å². The van der Waals surface area contributed by atoms with Crippen LogP contribution in [0.1, 0.15) is 107 Å². The third-order valence-corrected chi connectivity index (χ3v) is 7.95. The van der Waals surface area contributed by atoms with Gasteiger partial charge in [-0.1, -0.05) is 55.4 Å². The van der Waals surface area contributed by atoms with Crippen LogP contribution in [0.4, 0.5) is 0 Å². The molecule has 0 spiro atoms. The zero-order valence-corrected chi connectivity index (χ0v) is 32.1. The quantitative estimate of drug-likeness (QED) is 0.131. The molecule has 0 bridgehead atoms. The average Bonchev–Trinajstić information content (AvgIpc) is 2.92. The van der Waals surface area contributed by atoms with Gasteiger partial charge in [0, 0.05) is 21.7 Å². The average molecular weight is 815 g/mol. The second-order valence-corrected chi connectivity index (χ2v) is 9.46. The molecule has 0 saturated carbocycles. The van der Waals surface area contributed by atoms with Crippen molar-refractivity contribution in [2.75, 3.05) is 0 Å². The molecule has 0 rings (SSSR count). The molecule has 0 aromatic carbocycles. The van der Waals surface area contributed by atoms with E-state index < -0.39 is 69.4 Å². The van der Waals surface area contributed by atoms with Crippen LogP contribution < -0.4 is 40.9 Å². The molecule has 0 amide bonds. The van der Waals surface area contributed by atoms with Gasteiger partial charge in [-0.3, -0.25) is 0 Å². The zero-order valence-electron chi connectivity index (χ0n) is 27.2. The number of carbonyl (C=O) groups is 8. The number of hydrogen-bond acceptors (Lipinski definition) is 16. The monoisotopic (exact) mass is 812 g/mol. The second kappa shape index (κ2) is 25.6. The fourth-order valence-electron chi connectivity index (χ4n) is 3.64. The van der Waals surface area contributed by atoms with E-state index in [1.54, 1.807) is 0 Å². The molecule has 16 nitrogen and oxygen atoms in total. The van der Waals surface area contributed by atoms with E-state index in [1.807, 2.05) is 0 Å². The molecular formula is C28H40O16Zr2. The van der Waals surface area contributed by atoms with Crippen molar-refractivity contribution in [3.63, 3.8) is 0 Å². The molecule has 256 valence electrons. The SMILES string of the molecule is CCC(CC)(C(=O)[O-])C(=O)[O-].CCC(CC)(C(=O)[O-])C(=O)[O-].CCC(CC)(C(=O)[O-])C(=O)[O-].CCC(CC)(C(=O)[O-])C(=O)[O-].[Zr+4].[Zr+4]. The van der Waals surface area contributed by atoms with Gasteiger partial charge in [-0.25, -0.2) is 0 Å². The Morgan fingerprint density at radius 3 is 0.348 bits per heavy atom. The molecule has 0 heterocycles. The van der Waals surface area contributed by atoms with Crippen LogP contribution in [0.2, 0.25) is 0 Å². The van der Waals surface area contributed by atoms with Crippen molar-refractivity contribution in [3.8, 4) is 0 Å². The summed E-state index contributed by atoms with van der Waals surface area (Å²) < 4.78 is 0. The third-order valence-electron chi connectivity index (χ3n) is 7.95. The Labute approximate surface area is 306 Å². The summed E-state index contributed by atoms with van der Waals surface area (Å²) in [6, 6.07) is 0. The fraction of sp³-hybridized carbons (Fsp3) is 0.714. The van der Waals surface area contributed by atoms with Gasteiger partial charge in [0.05, 0.1) is 47.8 Å². The van der Waals surface area contributed by atoms with Crippen molar-refractivity contribution in [2.45, 2.75) is 107 Å². The van der Waals surface area contributed by atoms with Crippen LogP contribution in [0.5, 0.6) is 0 Å². The molecule has 0 aliphatic carbocycles.